The third kappa shape index (κ3) is 4.33. The first kappa shape index (κ1) is 16.9. The zero-order valence-electron chi connectivity index (χ0n) is 14.0. The van der Waals surface area contributed by atoms with Crippen molar-refractivity contribution in [3.63, 3.8) is 0 Å². The van der Waals surface area contributed by atoms with Crippen LogP contribution < -0.4 is 5.32 Å². The van der Waals surface area contributed by atoms with Crippen LogP contribution in [0.2, 0.25) is 0 Å². The van der Waals surface area contributed by atoms with Gasteiger partial charge in [-0.1, -0.05) is 30.3 Å². The van der Waals surface area contributed by atoms with Crippen molar-refractivity contribution in [1.82, 2.24) is 5.32 Å². The highest BCUT2D eigenvalue weighted by atomic mass is 16.7. The molecular formula is C18H23NO5. The van der Waals surface area contributed by atoms with Crippen molar-refractivity contribution in [2.45, 2.75) is 63.8 Å². The second-order valence-corrected chi connectivity index (χ2v) is 6.80. The Morgan fingerprint density at radius 2 is 1.92 bits per heavy atom. The number of hydrogen-bond acceptors (Lipinski definition) is 5. The summed E-state index contributed by atoms with van der Waals surface area (Å²) >= 11 is 0. The van der Waals surface area contributed by atoms with Gasteiger partial charge in [-0.25, -0.2) is 4.79 Å². The Balaban J connectivity index is 1.54. The Morgan fingerprint density at radius 1 is 1.21 bits per heavy atom. The molecule has 6 heteroatoms. The standard InChI is InChI=1S/C18H23NO5/c1-18(2)23-15-9-13(8-14(20)10-16(15)24-18)19-17(21)22-11-12-6-4-3-5-7-12/h3-7,13,15-16H,8-11H2,1-2H3,(H,19,21)/t13-,15-,16-/m1/s1. The molecular weight excluding hydrogens is 310 g/mol. The third-order valence-corrected chi connectivity index (χ3v) is 4.24. The maximum atomic E-state index is 12.1. The Hall–Kier alpha value is -1.92. The molecule has 1 heterocycles. The minimum absolute atomic E-state index is 0.0668. The minimum atomic E-state index is -0.689. The largest absolute Gasteiger partial charge is 0.445 e. The van der Waals surface area contributed by atoms with Crippen molar-refractivity contribution in [3.8, 4) is 0 Å². The van der Waals surface area contributed by atoms with E-state index in [9.17, 15) is 9.59 Å². The van der Waals surface area contributed by atoms with E-state index in [-0.39, 0.29) is 37.1 Å². The molecule has 24 heavy (non-hydrogen) atoms. The van der Waals surface area contributed by atoms with Crippen LogP contribution >= 0.6 is 0 Å². The van der Waals surface area contributed by atoms with Gasteiger partial charge in [0.2, 0.25) is 0 Å². The second kappa shape index (κ2) is 6.91. The van der Waals surface area contributed by atoms with Crippen molar-refractivity contribution in [2.75, 3.05) is 0 Å². The smallest absolute Gasteiger partial charge is 0.407 e. The summed E-state index contributed by atoms with van der Waals surface area (Å²) in [6.45, 7) is 3.87. The molecule has 0 unspecified atom stereocenters. The fourth-order valence-corrected chi connectivity index (χ4v) is 3.27. The Kier molecular flexibility index (Phi) is 4.87. The molecule has 1 saturated carbocycles. The van der Waals surface area contributed by atoms with E-state index in [0.717, 1.165) is 5.56 Å². The fraction of sp³-hybridized carbons (Fsp3) is 0.556. The third-order valence-electron chi connectivity index (χ3n) is 4.24. The number of nitrogens with one attached hydrogen (secondary N) is 1. The number of fused-ring (bicyclic) bond motifs is 1. The molecule has 6 nitrogen and oxygen atoms in total. The maximum absolute atomic E-state index is 12.1. The van der Waals surface area contributed by atoms with Crippen LogP contribution in [0.3, 0.4) is 0 Å². The van der Waals surface area contributed by atoms with Crippen molar-refractivity contribution in [2.24, 2.45) is 0 Å². The number of Topliss-reactive ketones (excluding diaryl/α,β-unsaturated/α-hetero) is 1. The highest BCUT2D eigenvalue weighted by Crippen LogP contribution is 2.34. The van der Waals surface area contributed by atoms with Crippen LogP contribution in [0.15, 0.2) is 30.3 Å². The SMILES string of the molecule is CC1(C)O[C@@H]2CC(=O)C[C@@H](NC(=O)OCc3ccccc3)C[C@H]2O1. The number of carbonyl (C=O) groups is 2. The molecule has 2 aliphatic rings. The fourth-order valence-electron chi connectivity index (χ4n) is 3.27. The molecule has 0 bridgehead atoms. The topological polar surface area (TPSA) is 73.9 Å². The molecule has 1 N–H and O–H groups in total. The number of ether oxygens (including phenoxy) is 3. The molecule has 0 radical (unpaired) electrons. The number of carbonyl (C=O) groups excluding carboxylic acids is 2. The Morgan fingerprint density at radius 3 is 2.67 bits per heavy atom. The normalized spacial score (nSPS) is 28.8. The van der Waals surface area contributed by atoms with E-state index in [4.69, 9.17) is 14.2 Å². The highest BCUT2D eigenvalue weighted by molar-refractivity contribution is 5.81. The van der Waals surface area contributed by atoms with Gasteiger partial charge in [0.05, 0.1) is 12.2 Å². The van der Waals surface area contributed by atoms with E-state index in [1.807, 2.05) is 44.2 Å². The van der Waals surface area contributed by atoms with Gasteiger partial charge in [-0.15, -0.1) is 0 Å². The molecule has 0 aromatic heterocycles. The summed E-state index contributed by atoms with van der Waals surface area (Å²) in [6, 6.07) is 9.16. The number of amides is 1. The zero-order valence-corrected chi connectivity index (χ0v) is 14.0. The van der Waals surface area contributed by atoms with Crippen LogP contribution in [0.1, 0.15) is 38.7 Å². The van der Waals surface area contributed by atoms with E-state index in [1.165, 1.54) is 0 Å². The van der Waals surface area contributed by atoms with Gasteiger partial charge in [0.25, 0.3) is 0 Å². The Labute approximate surface area is 141 Å². The number of ketones is 1. The zero-order chi connectivity index (χ0) is 17.2. The quantitative estimate of drug-likeness (QED) is 0.920. The molecule has 1 amide bonds. The van der Waals surface area contributed by atoms with Crippen LogP contribution in [0, 0.1) is 0 Å². The van der Waals surface area contributed by atoms with Gasteiger partial charge in [0.15, 0.2) is 5.79 Å². The van der Waals surface area contributed by atoms with Crippen LogP contribution in [0.4, 0.5) is 4.79 Å². The minimum Gasteiger partial charge on any atom is -0.445 e. The lowest BCUT2D eigenvalue weighted by molar-refractivity contribution is -0.150. The molecule has 1 saturated heterocycles. The molecule has 130 valence electrons. The number of benzene rings is 1. The van der Waals surface area contributed by atoms with Gasteiger partial charge < -0.3 is 19.5 Å². The van der Waals surface area contributed by atoms with Crippen LogP contribution in [-0.2, 0) is 25.6 Å². The molecule has 3 rings (SSSR count). The van der Waals surface area contributed by atoms with E-state index in [1.54, 1.807) is 0 Å². The lowest BCUT2D eigenvalue weighted by Crippen LogP contribution is -2.38. The van der Waals surface area contributed by atoms with Crippen LogP contribution in [0.5, 0.6) is 0 Å². The van der Waals surface area contributed by atoms with Crippen LogP contribution in [0.25, 0.3) is 0 Å². The van der Waals surface area contributed by atoms with Gasteiger partial charge in [-0.2, -0.15) is 0 Å². The van der Waals surface area contributed by atoms with E-state index >= 15 is 0 Å². The highest BCUT2D eigenvalue weighted by Gasteiger charge is 2.45. The van der Waals surface area contributed by atoms with Crippen molar-refractivity contribution in [3.05, 3.63) is 35.9 Å². The lowest BCUT2D eigenvalue weighted by atomic mass is 10.1. The first-order chi connectivity index (χ1) is 11.4. The summed E-state index contributed by atoms with van der Waals surface area (Å²) < 4.78 is 16.9. The van der Waals surface area contributed by atoms with Gasteiger partial charge in [-0.05, 0) is 25.8 Å². The van der Waals surface area contributed by atoms with Gasteiger partial charge in [-0.3, -0.25) is 4.79 Å². The monoisotopic (exact) mass is 333 g/mol. The van der Waals surface area contributed by atoms with Crippen molar-refractivity contribution in [1.29, 1.82) is 0 Å². The molecule has 1 aromatic carbocycles. The molecule has 2 fully saturated rings. The summed E-state index contributed by atoms with van der Waals surface area (Å²) in [4.78, 5) is 24.1. The molecule has 3 atom stereocenters. The van der Waals surface area contributed by atoms with E-state index < -0.39 is 11.9 Å². The Bertz CT molecular complexity index is 601. The number of hydrogen-bond donors (Lipinski definition) is 1. The molecule has 1 aliphatic carbocycles. The summed E-state index contributed by atoms with van der Waals surface area (Å²) in [5.41, 5.74) is 0.916. The summed E-state index contributed by atoms with van der Waals surface area (Å²) in [5.74, 6) is -0.622. The molecule has 1 aliphatic heterocycles. The average molecular weight is 333 g/mol. The van der Waals surface area contributed by atoms with Crippen molar-refractivity contribution >= 4 is 11.9 Å². The predicted molar refractivity (Wildman–Crippen MR) is 86.2 cm³/mol. The maximum Gasteiger partial charge on any atom is 0.407 e. The van der Waals surface area contributed by atoms with E-state index in [2.05, 4.69) is 5.32 Å². The van der Waals surface area contributed by atoms with Crippen LogP contribution in [-0.4, -0.2) is 35.9 Å². The molecule has 0 spiro atoms. The summed E-state index contributed by atoms with van der Waals surface area (Å²) in [6.07, 6.45) is 0.199. The van der Waals surface area contributed by atoms with Gasteiger partial charge >= 0.3 is 6.09 Å². The second-order valence-electron chi connectivity index (χ2n) is 6.80. The van der Waals surface area contributed by atoms with Gasteiger partial charge in [0.1, 0.15) is 12.4 Å². The van der Waals surface area contributed by atoms with Gasteiger partial charge in [0, 0.05) is 18.9 Å². The summed E-state index contributed by atoms with van der Waals surface area (Å²) in [7, 11) is 0. The van der Waals surface area contributed by atoms with Crippen molar-refractivity contribution < 1.29 is 23.8 Å². The molecule has 1 aromatic rings. The lowest BCUT2D eigenvalue weighted by Gasteiger charge is -2.21. The number of alkyl carbamates (subject to hydrolysis) is 1. The van der Waals surface area contributed by atoms with E-state index in [0.29, 0.717) is 12.8 Å². The first-order valence-corrected chi connectivity index (χ1v) is 8.26. The first-order valence-electron chi connectivity index (χ1n) is 8.26. The number of rotatable bonds is 3. The average Bonchev–Trinajstić information content (AvgIpc) is 2.71. The predicted octanol–water partition coefficient (Wildman–Crippen LogP) is 2.55. The summed E-state index contributed by atoms with van der Waals surface area (Å²) in [5, 5.41) is 2.78.